The van der Waals surface area contributed by atoms with Gasteiger partial charge in [-0.3, -0.25) is 4.79 Å². The van der Waals surface area contributed by atoms with Crippen LogP contribution in [0.5, 0.6) is 11.5 Å². The molecule has 1 unspecified atom stereocenters. The molecule has 0 aliphatic heterocycles. The van der Waals surface area contributed by atoms with E-state index in [9.17, 15) is 9.90 Å². The molecule has 156 valence electrons. The van der Waals surface area contributed by atoms with Crippen LogP contribution in [0.4, 0.5) is 0 Å². The maximum atomic E-state index is 11.2. The van der Waals surface area contributed by atoms with Crippen LogP contribution in [0.25, 0.3) is 5.57 Å². The molecule has 2 rings (SSSR count). The van der Waals surface area contributed by atoms with E-state index in [2.05, 4.69) is 16.7 Å². The molecule has 6 nitrogen and oxygen atoms in total. The third-order valence-corrected chi connectivity index (χ3v) is 4.36. The van der Waals surface area contributed by atoms with E-state index in [-0.39, 0.29) is 19.1 Å². The van der Waals surface area contributed by atoms with Crippen molar-refractivity contribution in [1.82, 2.24) is 10.6 Å². The quantitative estimate of drug-likeness (QED) is 0.479. The second kappa shape index (κ2) is 12.6. The lowest BCUT2D eigenvalue weighted by Crippen LogP contribution is -2.32. The van der Waals surface area contributed by atoms with Crippen LogP contribution in [0.3, 0.4) is 0 Å². The second-order valence-corrected chi connectivity index (χ2v) is 6.53. The Balaban J connectivity index is 1.69. The first-order valence-corrected chi connectivity index (χ1v) is 9.78. The largest absolute Gasteiger partial charge is 0.491 e. The lowest BCUT2D eigenvalue weighted by molar-refractivity contribution is -0.122. The second-order valence-electron chi connectivity index (χ2n) is 6.53. The molecule has 0 aliphatic rings. The summed E-state index contributed by atoms with van der Waals surface area (Å²) in [6.45, 7) is 3.48. The van der Waals surface area contributed by atoms with E-state index in [0.29, 0.717) is 12.3 Å². The number of hydrogen-bond donors (Lipinski definition) is 3. The molecule has 0 aliphatic carbocycles. The average molecular weight is 399 g/mol. The lowest BCUT2D eigenvalue weighted by atomic mass is 10.0. The zero-order chi connectivity index (χ0) is 20.9. The van der Waals surface area contributed by atoms with Gasteiger partial charge < -0.3 is 25.2 Å². The third kappa shape index (κ3) is 8.37. The highest BCUT2D eigenvalue weighted by Crippen LogP contribution is 2.21. The van der Waals surface area contributed by atoms with Gasteiger partial charge in [0.2, 0.25) is 0 Å². The number of para-hydroxylation sites is 1. The minimum atomic E-state index is -0.569. The van der Waals surface area contributed by atoms with Crippen LogP contribution in [-0.2, 0) is 4.79 Å². The van der Waals surface area contributed by atoms with Crippen molar-refractivity contribution in [3.8, 4) is 11.5 Å². The average Bonchev–Trinajstić information content (AvgIpc) is 2.77. The Kier molecular flexibility index (Phi) is 9.75. The fourth-order valence-corrected chi connectivity index (χ4v) is 2.70. The SMILES string of the molecule is C/C=C(\CCNCC(O)COc1ccccc1)c1ccc(OCC(=O)NC)cc1. The van der Waals surface area contributed by atoms with E-state index in [1.54, 1.807) is 7.05 Å². The molecule has 1 atom stereocenters. The van der Waals surface area contributed by atoms with Gasteiger partial charge in [-0.1, -0.05) is 36.4 Å². The first-order valence-electron chi connectivity index (χ1n) is 9.78. The van der Waals surface area contributed by atoms with Crippen LogP contribution < -0.4 is 20.1 Å². The molecule has 0 saturated carbocycles. The topological polar surface area (TPSA) is 79.8 Å². The number of aliphatic hydroxyl groups is 1. The van der Waals surface area contributed by atoms with E-state index in [1.807, 2.05) is 61.5 Å². The number of aliphatic hydroxyl groups excluding tert-OH is 1. The fraction of sp³-hybridized carbons (Fsp3) is 0.348. The van der Waals surface area contributed by atoms with E-state index in [1.165, 1.54) is 5.57 Å². The molecule has 29 heavy (non-hydrogen) atoms. The monoisotopic (exact) mass is 398 g/mol. The van der Waals surface area contributed by atoms with E-state index in [4.69, 9.17) is 9.47 Å². The number of carbonyl (C=O) groups excluding carboxylic acids is 1. The number of nitrogens with one attached hydrogen (secondary N) is 2. The Labute approximate surface area is 172 Å². The van der Waals surface area contributed by atoms with Crippen LogP contribution in [0.15, 0.2) is 60.7 Å². The van der Waals surface area contributed by atoms with E-state index < -0.39 is 6.10 Å². The highest BCUT2D eigenvalue weighted by atomic mass is 16.5. The summed E-state index contributed by atoms with van der Waals surface area (Å²) in [6, 6.07) is 17.2. The number of rotatable bonds is 12. The van der Waals surface area contributed by atoms with Crippen molar-refractivity contribution in [3.05, 3.63) is 66.2 Å². The standard InChI is InChI=1S/C23H30N2O4/c1-3-18(19-9-11-22(12-10-19)29-17-23(27)24-2)13-14-25-15-20(26)16-28-21-7-5-4-6-8-21/h3-12,20,25-26H,13-17H2,1-2H3,(H,24,27)/b18-3+. The molecule has 2 aromatic rings. The zero-order valence-electron chi connectivity index (χ0n) is 17.1. The number of likely N-dealkylation sites (N-methyl/N-ethyl adjacent to an activating group) is 1. The number of amides is 1. The maximum Gasteiger partial charge on any atom is 0.257 e. The molecule has 0 spiro atoms. The predicted molar refractivity (Wildman–Crippen MR) is 115 cm³/mol. The van der Waals surface area contributed by atoms with Crippen LogP contribution in [-0.4, -0.2) is 50.5 Å². The fourth-order valence-electron chi connectivity index (χ4n) is 2.70. The van der Waals surface area contributed by atoms with Gasteiger partial charge in [0.15, 0.2) is 6.61 Å². The summed E-state index contributed by atoms with van der Waals surface area (Å²) in [4.78, 5) is 11.2. The van der Waals surface area contributed by atoms with Gasteiger partial charge in [0.25, 0.3) is 5.91 Å². The number of hydrogen-bond acceptors (Lipinski definition) is 5. The molecule has 3 N–H and O–H groups in total. The van der Waals surface area contributed by atoms with Crippen molar-refractivity contribution in [3.63, 3.8) is 0 Å². The number of ether oxygens (including phenoxy) is 2. The first kappa shape index (κ1) is 22.5. The van der Waals surface area contributed by atoms with Gasteiger partial charge in [-0.2, -0.15) is 0 Å². The molecule has 0 fully saturated rings. The molecular weight excluding hydrogens is 368 g/mol. The Hall–Kier alpha value is -2.83. The predicted octanol–water partition coefficient (Wildman–Crippen LogP) is 2.63. The summed E-state index contributed by atoms with van der Waals surface area (Å²) in [6.07, 6.45) is 2.35. The van der Waals surface area contributed by atoms with E-state index in [0.717, 1.165) is 24.3 Å². The molecule has 0 heterocycles. The van der Waals surface area contributed by atoms with Crippen LogP contribution in [0.2, 0.25) is 0 Å². The van der Waals surface area contributed by atoms with Crippen molar-refractivity contribution >= 4 is 11.5 Å². The molecule has 1 amide bonds. The summed E-state index contributed by atoms with van der Waals surface area (Å²) < 4.78 is 11.0. The van der Waals surface area contributed by atoms with Crippen LogP contribution in [0, 0.1) is 0 Å². The third-order valence-electron chi connectivity index (χ3n) is 4.36. The molecule has 0 saturated heterocycles. The molecular formula is C23H30N2O4. The van der Waals surface area contributed by atoms with Crippen molar-refractivity contribution in [2.75, 3.05) is 33.4 Å². The summed E-state index contributed by atoms with van der Waals surface area (Å²) in [5, 5.41) is 15.8. The summed E-state index contributed by atoms with van der Waals surface area (Å²) in [5.41, 5.74) is 2.31. The minimum absolute atomic E-state index is 0.00650. The highest BCUT2D eigenvalue weighted by Gasteiger charge is 2.06. The first-order chi connectivity index (χ1) is 14.1. The van der Waals surface area contributed by atoms with Crippen LogP contribution in [0.1, 0.15) is 18.9 Å². The smallest absolute Gasteiger partial charge is 0.257 e. The summed E-state index contributed by atoms with van der Waals surface area (Å²) in [7, 11) is 1.58. The molecule has 6 heteroatoms. The molecule has 0 radical (unpaired) electrons. The Morgan fingerprint density at radius 1 is 1.07 bits per heavy atom. The van der Waals surface area contributed by atoms with Gasteiger partial charge in [-0.25, -0.2) is 0 Å². The molecule has 0 bridgehead atoms. The summed E-state index contributed by atoms with van der Waals surface area (Å²) in [5.74, 6) is 1.25. The van der Waals surface area contributed by atoms with Gasteiger partial charge in [-0.05, 0) is 55.3 Å². The highest BCUT2D eigenvalue weighted by molar-refractivity contribution is 5.77. The Morgan fingerprint density at radius 2 is 1.76 bits per heavy atom. The van der Waals surface area contributed by atoms with Crippen molar-refractivity contribution in [2.24, 2.45) is 0 Å². The Bertz CT molecular complexity index is 760. The normalized spacial score (nSPS) is 12.3. The van der Waals surface area contributed by atoms with Gasteiger partial charge in [0.05, 0.1) is 0 Å². The summed E-state index contributed by atoms with van der Waals surface area (Å²) >= 11 is 0. The number of carbonyl (C=O) groups is 1. The van der Waals surface area contributed by atoms with E-state index >= 15 is 0 Å². The maximum absolute atomic E-state index is 11.2. The number of benzene rings is 2. The lowest BCUT2D eigenvalue weighted by Gasteiger charge is -2.14. The molecule has 0 aromatic heterocycles. The van der Waals surface area contributed by atoms with Crippen molar-refractivity contribution in [2.45, 2.75) is 19.4 Å². The molecule has 2 aromatic carbocycles. The van der Waals surface area contributed by atoms with Gasteiger partial charge in [0.1, 0.15) is 24.2 Å². The number of allylic oxidation sites excluding steroid dienone is 1. The zero-order valence-corrected chi connectivity index (χ0v) is 17.1. The van der Waals surface area contributed by atoms with Crippen molar-refractivity contribution in [1.29, 1.82) is 0 Å². The minimum Gasteiger partial charge on any atom is -0.491 e. The van der Waals surface area contributed by atoms with Gasteiger partial charge >= 0.3 is 0 Å². The Morgan fingerprint density at radius 3 is 2.41 bits per heavy atom. The van der Waals surface area contributed by atoms with Crippen LogP contribution >= 0.6 is 0 Å². The van der Waals surface area contributed by atoms with Gasteiger partial charge in [-0.15, -0.1) is 0 Å². The van der Waals surface area contributed by atoms with Crippen molar-refractivity contribution < 1.29 is 19.4 Å². The van der Waals surface area contributed by atoms with Gasteiger partial charge in [0, 0.05) is 13.6 Å².